The van der Waals surface area contributed by atoms with Crippen LogP contribution >= 0.6 is 0 Å². The quantitative estimate of drug-likeness (QED) is 0.477. The molecule has 0 amide bonds. The van der Waals surface area contributed by atoms with Crippen molar-refractivity contribution >= 4 is 5.69 Å². The third kappa shape index (κ3) is 5.52. The molecular formula is C18H24N4O5. The van der Waals surface area contributed by atoms with Crippen molar-refractivity contribution in [1.29, 1.82) is 0 Å². The number of rotatable bonds is 9. The summed E-state index contributed by atoms with van der Waals surface area (Å²) < 4.78 is 8.17. The summed E-state index contributed by atoms with van der Waals surface area (Å²) in [5, 5.41) is 10.6. The molecule has 1 aromatic carbocycles. The second-order valence-corrected chi connectivity index (χ2v) is 6.38. The van der Waals surface area contributed by atoms with Crippen LogP contribution in [0.5, 0.6) is 5.75 Å². The SMILES string of the molecule is CN(CCCc1cc(=O)n(C)c(=O)n1C)CCOc1ccc([N+](=O)[O-])cc1. The number of non-ortho nitro benzene ring substituents is 1. The summed E-state index contributed by atoms with van der Waals surface area (Å²) in [6, 6.07) is 7.48. The van der Waals surface area contributed by atoms with Crippen molar-refractivity contribution in [3.8, 4) is 5.75 Å². The Kier molecular flexibility index (Phi) is 6.89. The Balaban J connectivity index is 1.75. The van der Waals surface area contributed by atoms with Gasteiger partial charge < -0.3 is 14.2 Å². The first-order valence-electron chi connectivity index (χ1n) is 8.61. The zero-order chi connectivity index (χ0) is 20.0. The van der Waals surface area contributed by atoms with Gasteiger partial charge in [0.15, 0.2) is 0 Å². The molecular weight excluding hydrogens is 352 g/mol. The Labute approximate surface area is 156 Å². The van der Waals surface area contributed by atoms with E-state index in [1.165, 1.54) is 29.8 Å². The number of nitro benzene ring substituents is 1. The lowest BCUT2D eigenvalue weighted by molar-refractivity contribution is -0.384. The van der Waals surface area contributed by atoms with Crippen LogP contribution in [0.1, 0.15) is 12.1 Å². The van der Waals surface area contributed by atoms with Gasteiger partial charge in [-0.2, -0.15) is 0 Å². The molecule has 146 valence electrons. The van der Waals surface area contributed by atoms with Crippen molar-refractivity contribution < 1.29 is 9.66 Å². The molecule has 0 spiro atoms. The van der Waals surface area contributed by atoms with Gasteiger partial charge in [-0.1, -0.05) is 0 Å². The highest BCUT2D eigenvalue weighted by Gasteiger charge is 2.07. The number of ether oxygens (including phenoxy) is 1. The van der Waals surface area contributed by atoms with E-state index >= 15 is 0 Å². The van der Waals surface area contributed by atoms with Gasteiger partial charge in [0, 0.05) is 44.5 Å². The van der Waals surface area contributed by atoms with Crippen LogP contribution in [0, 0.1) is 10.1 Å². The maximum Gasteiger partial charge on any atom is 0.330 e. The number of hydrogen-bond donors (Lipinski definition) is 0. The summed E-state index contributed by atoms with van der Waals surface area (Å²) in [5.74, 6) is 0.587. The highest BCUT2D eigenvalue weighted by Crippen LogP contribution is 2.17. The summed E-state index contributed by atoms with van der Waals surface area (Å²) in [7, 11) is 5.09. The molecule has 0 radical (unpaired) electrons. The molecule has 0 atom stereocenters. The predicted molar refractivity (Wildman–Crippen MR) is 101 cm³/mol. The Bertz CT molecular complexity index is 901. The molecule has 9 heteroatoms. The summed E-state index contributed by atoms with van der Waals surface area (Å²) in [5.41, 5.74) is 0.142. The van der Waals surface area contributed by atoms with Gasteiger partial charge in [-0.15, -0.1) is 0 Å². The molecule has 0 unspecified atom stereocenters. The first-order chi connectivity index (χ1) is 12.8. The van der Waals surface area contributed by atoms with Crippen molar-refractivity contribution in [2.75, 3.05) is 26.7 Å². The fourth-order valence-electron chi connectivity index (χ4n) is 2.64. The van der Waals surface area contributed by atoms with Gasteiger partial charge in [-0.25, -0.2) is 4.79 Å². The molecule has 0 N–H and O–H groups in total. The summed E-state index contributed by atoms with van der Waals surface area (Å²) in [6.45, 7) is 1.93. The normalized spacial score (nSPS) is 11.0. The molecule has 0 saturated carbocycles. The zero-order valence-electron chi connectivity index (χ0n) is 15.8. The fourth-order valence-corrected chi connectivity index (χ4v) is 2.64. The van der Waals surface area contributed by atoms with Crippen LogP contribution in [0.2, 0.25) is 0 Å². The van der Waals surface area contributed by atoms with Gasteiger partial charge in [0.25, 0.3) is 11.2 Å². The number of aromatic nitrogens is 2. The van der Waals surface area contributed by atoms with Crippen molar-refractivity contribution in [3.05, 3.63) is 67.0 Å². The van der Waals surface area contributed by atoms with Crippen LogP contribution in [0.3, 0.4) is 0 Å². The first kappa shape index (κ1) is 20.4. The average molecular weight is 376 g/mol. The number of likely N-dealkylation sites (N-methyl/N-ethyl adjacent to an activating group) is 1. The largest absolute Gasteiger partial charge is 0.492 e. The number of hydrogen-bond acceptors (Lipinski definition) is 6. The van der Waals surface area contributed by atoms with E-state index in [-0.39, 0.29) is 16.9 Å². The molecule has 0 fully saturated rings. The number of aryl methyl sites for hydroxylation is 1. The fraction of sp³-hybridized carbons (Fsp3) is 0.444. The Morgan fingerprint density at radius 1 is 1.11 bits per heavy atom. The second kappa shape index (κ2) is 9.13. The molecule has 0 aliphatic rings. The molecule has 2 rings (SSSR count). The lowest BCUT2D eigenvalue weighted by atomic mass is 10.2. The summed E-state index contributed by atoms with van der Waals surface area (Å²) in [4.78, 5) is 35.9. The standard InChI is InChI=1S/C18H24N4O5/c1-19(11-12-27-16-8-6-14(7-9-16)22(25)26)10-4-5-15-13-17(23)21(3)18(24)20(15)2/h6-9,13H,4-5,10-12H2,1-3H3. The molecule has 1 aromatic heterocycles. The van der Waals surface area contributed by atoms with Gasteiger partial charge in [0.1, 0.15) is 12.4 Å². The van der Waals surface area contributed by atoms with Crippen LogP contribution < -0.4 is 16.0 Å². The van der Waals surface area contributed by atoms with E-state index in [1.807, 2.05) is 7.05 Å². The molecule has 0 aliphatic carbocycles. The molecule has 0 saturated heterocycles. The zero-order valence-corrected chi connectivity index (χ0v) is 15.8. The Morgan fingerprint density at radius 2 is 1.78 bits per heavy atom. The maximum absolute atomic E-state index is 11.9. The minimum Gasteiger partial charge on any atom is -0.492 e. The van der Waals surface area contributed by atoms with E-state index in [1.54, 1.807) is 19.2 Å². The highest BCUT2D eigenvalue weighted by molar-refractivity contribution is 5.35. The average Bonchev–Trinajstić information content (AvgIpc) is 2.64. The van der Waals surface area contributed by atoms with Crippen LogP contribution in [0.15, 0.2) is 39.9 Å². The molecule has 27 heavy (non-hydrogen) atoms. The van der Waals surface area contributed by atoms with E-state index in [4.69, 9.17) is 4.74 Å². The van der Waals surface area contributed by atoms with E-state index in [9.17, 15) is 19.7 Å². The third-order valence-electron chi connectivity index (χ3n) is 4.39. The summed E-state index contributed by atoms with van der Waals surface area (Å²) in [6.07, 6.45) is 1.43. The smallest absolute Gasteiger partial charge is 0.330 e. The van der Waals surface area contributed by atoms with E-state index in [0.29, 0.717) is 25.3 Å². The van der Waals surface area contributed by atoms with E-state index in [0.717, 1.165) is 23.2 Å². The van der Waals surface area contributed by atoms with Crippen LogP contribution in [0.25, 0.3) is 0 Å². The van der Waals surface area contributed by atoms with Crippen molar-refractivity contribution in [1.82, 2.24) is 14.0 Å². The Hall–Kier alpha value is -2.94. The van der Waals surface area contributed by atoms with Crippen LogP contribution in [-0.2, 0) is 20.5 Å². The van der Waals surface area contributed by atoms with Gasteiger partial charge in [-0.05, 0) is 38.6 Å². The monoisotopic (exact) mass is 376 g/mol. The topological polar surface area (TPSA) is 99.6 Å². The molecule has 0 bridgehead atoms. The molecule has 2 aromatic rings. The van der Waals surface area contributed by atoms with Gasteiger partial charge in [0.05, 0.1) is 4.92 Å². The van der Waals surface area contributed by atoms with Crippen molar-refractivity contribution in [3.63, 3.8) is 0 Å². The van der Waals surface area contributed by atoms with Crippen LogP contribution in [-0.4, -0.2) is 45.7 Å². The van der Waals surface area contributed by atoms with Crippen molar-refractivity contribution in [2.45, 2.75) is 12.8 Å². The molecule has 9 nitrogen and oxygen atoms in total. The summed E-state index contributed by atoms with van der Waals surface area (Å²) >= 11 is 0. The first-order valence-corrected chi connectivity index (χ1v) is 8.61. The van der Waals surface area contributed by atoms with Gasteiger partial charge in [-0.3, -0.25) is 19.5 Å². The van der Waals surface area contributed by atoms with Gasteiger partial charge >= 0.3 is 5.69 Å². The third-order valence-corrected chi connectivity index (χ3v) is 4.39. The maximum atomic E-state index is 11.9. The van der Waals surface area contributed by atoms with E-state index < -0.39 is 4.92 Å². The lowest BCUT2D eigenvalue weighted by Crippen LogP contribution is -2.38. The minimum absolute atomic E-state index is 0.0320. The highest BCUT2D eigenvalue weighted by atomic mass is 16.6. The second-order valence-electron chi connectivity index (χ2n) is 6.38. The van der Waals surface area contributed by atoms with Crippen molar-refractivity contribution in [2.24, 2.45) is 14.1 Å². The lowest BCUT2D eigenvalue weighted by Gasteiger charge is -2.17. The number of nitro groups is 1. The molecule has 0 aliphatic heterocycles. The minimum atomic E-state index is -0.449. The van der Waals surface area contributed by atoms with E-state index in [2.05, 4.69) is 4.90 Å². The Morgan fingerprint density at radius 3 is 2.41 bits per heavy atom. The number of nitrogens with zero attached hydrogens (tertiary/aromatic N) is 4. The predicted octanol–water partition coefficient (Wildman–Crippen LogP) is 0.936. The molecule has 1 heterocycles. The van der Waals surface area contributed by atoms with Gasteiger partial charge in [0.2, 0.25) is 0 Å². The van der Waals surface area contributed by atoms with Crippen LogP contribution in [0.4, 0.5) is 5.69 Å². The number of benzene rings is 1.